The molecule has 9 heteroatoms. The highest BCUT2D eigenvalue weighted by molar-refractivity contribution is 6.01. The first-order valence-corrected chi connectivity index (χ1v) is 13.1. The molecule has 0 radical (unpaired) electrons. The highest BCUT2D eigenvalue weighted by Gasteiger charge is 2.37. The zero-order valence-electron chi connectivity index (χ0n) is 21.7. The maximum absolute atomic E-state index is 14.2. The van der Waals surface area contributed by atoms with Crippen LogP contribution >= 0.6 is 0 Å². The van der Waals surface area contributed by atoms with E-state index in [0.29, 0.717) is 24.4 Å². The lowest BCUT2D eigenvalue weighted by Crippen LogP contribution is -2.24. The second kappa shape index (κ2) is 9.31. The second-order valence-corrected chi connectivity index (χ2v) is 10.6. The average Bonchev–Trinajstić information content (AvgIpc) is 3.63. The molecule has 200 valence electrons. The monoisotopic (exact) mass is 538 g/mol. The van der Waals surface area contributed by atoms with Gasteiger partial charge in [0.2, 0.25) is 0 Å². The van der Waals surface area contributed by atoms with Gasteiger partial charge in [-0.15, -0.1) is 0 Å². The number of aryl methyl sites for hydroxylation is 1. The quantitative estimate of drug-likeness (QED) is 0.245. The molecular formula is C31H25F3N6. The Morgan fingerprint density at radius 3 is 2.65 bits per heavy atom. The minimum Gasteiger partial charge on any atom is -0.353 e. The molecule has 2 N–H and O–H groups in total. The van der Waals surface area contributed by atoms with Crippen molar-refractivity contribution in [2.24, 2.45) is 0 Å². The number of nitrogens with one attached hydrogen (secondary N) is 2. The van der Waals surface area contributed by atoms with E-state index < -0.39 is 5.92 Å². The van der Waals surface area contributed by atoms with Crippen LogP contribution in [0.2, 0.25) is 0 Å². The van der Waals surface area contributed by atoms with Crippen LogP contribution in [0.25, 0.3) is 55.6 Å². The number of benzene rings is 2. The van der Waals surface area contributed by atoms with E-state index in [1.807, 2.05) is 49.4 Å². The summed E-state index contributed by atoms with van der Waals surface area (Å²) in [5, 5.41) is 9.36. The van der Waals surface area contributed by atoms with Gasteiger partial charge >= 0.3 is 0 Å². The summed E-state index contributed by atoms with van der Waals surface area (Å²) in [6.45, 7) is 2.44. The first-order chi connectivity index (χ1) is 19.3. The van der Waals surface area contributed by atoms with Crippen LogP contribution in [0.3, 0.4) is 0 Å². The maximum Gasteiger partial charge on any atom is 0.261 e. The van der Waals surface area contributed by atoms with E-state index in [2.05, 4.69) is 25.1 Å². The van der Waals surface area contributed by atoms with Crippen molar-refractivity contribution in [2.45, 2.75) is 25.8 Å². The van der Waals surface area contributed by atoms with Gasteiger partial charge in [-0.1, -0.05) is 18.2 Å². The number of aromatic nitrogens is 5. The number of nitrogens with zero attached hydrogens (tertiary/aromatic N) is 4. The van der Waals surface area contributed by atoms with Crippen molar-refractivity contribution in [3.8, 4) is 33.6 Å². The van der Waals surface area contributed by atoms with E-state index in [9.17, 15) is 13.2 Å². The summed E-state index contributed by atoms with van der Waals surface area (Å²) < 4.78 is 41.5. The Morgan fingerprint density at radius 1 is 0.950 bits per heavy atom. The molecule has 40 heavy (non-hydrogen) atoms. The van der Waals surface area contributed by atoms with Crippen LogP contribution in [0.15, 0.2) is 73.2 Å². The van der Waals surface area contributed by atoms with Gasteiger partial charge in [0.05, 0.1) is 12.2 Å². The minimum absolute atomic E-state index is 0.110. The molecule has 0 amide bonds. The summed E-state index contributed by atoms with van der Waals surface area (Å²) in [5.74, 6) is -2.89. The molecule has 1 aliphatic rings. The van der Waals surface area contributed by atoms with E-state index in [4.69, 9.17) is 0 Å². The summed E-state index contributed by atoms with van der Waals surface area (Å²) in [4.78, 5) is 14.2. The zero-order valence-corrected chi connectivity index (χ0v) is 21.7. The van der Waals surface area contributed by atoms with Crippen LogP contribution in [-0.4, -0.2) is 49.1 Å². The number of hydrogen-bond donors (Lipinski definition) is 2. The molecule has 0 bridgehead atoms. The van der Waals surface area contributed by atoms with E-state index >= 15 is 0 Å². The Kier molecular flexibility index (Phi) is 5.71. The van der Waals surface area contributed by atoms with Crippen LogP contribution in [0.4, 0.5) is 13.2 Å². The van der Waals surface area contributed by atoms with Gasteiger partial charge in [-0.05, 0) is 65.6 Å². The molecule has 7 rings (SSSR count). The van der Waals surface area contributed by atoms with Crippen molar-refractivity contribution in [1.82, 2.24) is 30.0 Å². The van der Waals surface area contributed by atoms with Crippen LogP contribution in [0.1, 0.15) is 17.5 Å². The van der Waals surface area contributed by atoms with Crippen molar-refractivity contribution in [1.29, 1.82) is 0 Å². The first kappa shape index (κ1) is 24.5. The molecule has 0 unspecified atom stereocenters. The lowest BCUT2D eigenvalue weighted by molar-refractivity contribution is 0.0115. The number of likely N-dealkylation sites (tertiary alicyclic amines) is 1. The Labute approximate surface area is 227 Å². The Hall–Kier alpha value is -4.50. The summed E-state index contributed by atoms with van der Waals surface area (Å²) in [7, 11) is 0. The second-order valence-electron chi connectivity index (χ2n) is 10.6. The Morgan fingerprint density at radius 2 is 1.82 bits per heavy atom. The molecule has 4 aromatic heterocycles. The van der Waals surface area contributed by atoms with E-state index in [1.165, 1.54) is 6.07 Å². The number of fused-ring (bicyclic) bond motifs is 2. The molecular weight excluding hydrogens is 513 g/mol. The lowest BCUT2D eigenvalue weighted by Gasteiger charge is -2.15. The van der Waals surface area contributed by atoms with E-state index in [1.54, 1.807) is 29.6 Å². The average molecular weight is 539 g/mol. The fourth-order valence-electron chi connectivity index (χ4n) is 5.62. The number of halogens is 3. The number of rotatable bonds is 5. The van der Waals surface area contributed by atoms with Gasteiger partial charge in [0, 0.05) is 65.5 Å². The molecule has 0 saturated carbocycles. The van der Waals surface area contributed by atoms with Crippen molar-refractivity contribution in [3.05, 3.63) is 90.1 Å². The van der Waals surface area contributed by atoms with Crippen molar-refractivity contribution in [2.75, 3.05) is 13.1 Å². The molecule has 0 spiro atoms. The van der Waals surface area contributed by atoms with Crippen LogP contribution < -0.4 is 0 Å². The summed E-state index contributed by atoms with van der Waals surface area (Å²) in [6.07, 6.45) is 5.12. The van der Waals surface area contributed by atoms with E-state index in [0.717, 1.165) is 55.4 Å². The van der Waals surface area contributed by atoms with Crippen molar-refractivity contribution < 1.29 is 13.2 Å². The fraction of sp³-hybridized carbons (Fsp3) is 0.194. The van der Waals surface area contributed by atoms with Crippen molar-refractivity contribution in [3.63, 3.8) is 0 Å². The summed E-state index contributed by atoms with van der Waals surface area (Å²) >= 11 is 0. The Balaban J connectivity index is 1.25. The third-order valence-electron chi connectivity index (χ3n) is 7.47. The molecule has 1 fully saturated rings. The molecule has 0 atom stereocenters. The smallest absolute Gasteiger partial charge is 0.261 e. The van der Waals surface area contributed by atoms with Gasteiger partial charge in [-0.3, -0.25) is 15.0 Å². The predicted octanol–water partition coefficient (Wildman–Crippen LogP) is 7.12. The minimum atomic E-state index is -2.63. The maximum atomic E-state index is 14.2. The SMILES string of the molecule is Cc1cc(F)cc(-c2cccc3[nH]c(-c4n[nH]c5ncc(-c6cncc(CN7CCC(F)(F)C7)c6)cc45)cc23)c1. The van der Waals surface area contributed by atoms with Gasteiger partial charge in [-0.2, -0.15) is 5.10 Å². The topological polar surface area (TPSA) is 73.5 Å². The molecule has 6 aromatic rings. The third kappa shape index (κ3) is 4.52. The van der Waals surface area contributed by atoms with Crippen LogP contribution in [-0.2, 0) is 6.54 Å². The number of H-pyrrole nitrogens is 2. The predicted molar refractivity (Wildman–Crippen MR) is 149 cm³/mol. The third-order valence-corrected chi connectivity index (χ3v) is 7.47. The van der Waals surface area contributed by atoms with Crippen LogP contribution in [0, 0.1) is 12.7 Å². The van der Waals surface area contributed by atoms with Gasteiger partial charge in [0.25, 0.3) is 5.92 Å². The van der Waals surface area contributed by atoms with Crippen molar-refractivity contribution >= 4 is 21.9 Å². The summed E-state index contributed by atoms with van der Waals surface area (Å²) in [6, 6.07) is 17.0. The number of aromatic amines is 2. The van der Waals surface area contributed by atoms with Gasteiger partial charge in [-0.25, -0.2) is 18.2 Å². The van der Waals surface area contributed by atoms with E-state index in [-0.39, 0.29) is 18.8 Å². The Bertz CT molecular complexity index is 1870. The standard InChI is InChI=1S/C31H25F3N6/c1-18-7-20(10-23(32)8-18)24-3-2-4-27-25(24)12-28(37-27)29-26-11-22(15-36-30(26)39-38-29)21-9-19(13-35-14-21)16-40-6-5-31(33,34)17-40/h2-4,7-15,37H,5-6,16-17H2,1H3,(H,36,38,39). The molecule has 0 aliphatic carbocycles. The first-order valence-electron chi connectivity index (χ1n) is 13.1. The number of alkyl halides is 2. The molecule has 6 nitrogen and oxygen atoms in total. The highest BCUT2D eigenvalue weighted by atomic mass is 19.3. The molecule has 5 heterocycles. The number of pyridine rings is 2. The van der Waals surface area contributed by atoms with Crippen LogP contribution in [0.5, 0.6) is 0 Å². The summed E-state index contributed by atoms with van der Waals surface area (Å²) in [5.41, 5.74) is 8.26. The van der Waals surface area contributed by atoms with Gasteiger partial charge in [0.15, 0.2) is 5.65 Å². The molecule has 1 saturated heterocycles. The largest absolute Gasteiger partial charge is 0.353 e. The highest BCUT2D eigenvalue weighted by Crippen LogP contribution is 2.35. The molecule has 1 aliphatic heterocycles. The zero-order chi connectivity index (χ0) is 27.4. The normalized spacial score (nSPS) is 15.4. The van der Waals surface area contributed by atoms with Gasteiger partial charge < -0.3 is 4.98 Å². The number of hydrogen-bond acceptors (Lipinski definition) is 4. The lowest BCUT2D eigenvalue weighted by atomic mass is 9.99. The fourth-order valence-corrected chi connectivity index (χ4v) is 5.62. The van der Waals surface area contributed by atoms with Gasteiger partial charge in [0.1, 0.15) is 11.5 Å². The molecule has 2 aromatic carbocycles.